The number of unbranched alkanes of at least 4 members (excludes halogenated alkanes) is 6. The van der Waals surface area contributed by atoms with Gasteiger partial charge < -0.3 is 0 Å². The highest BCUT2D eigenvalue weighted by atomic mass is 14.3. The van der Waals surface area contributed by atoms with Crippen LogP contribution in [0, 0.1) is 0 Å². The minimum atomic E-state index is 0.185. The van der Waals surface area contributed by atoms with E-state index in [9.17, 15) is 0 Å². The molecule has 112 valence electrons. The first-order valence-electron chi connectivity index (χ1n) is 8.48. The lowest BCUT2D eigenvalue weighted by atomic mass is 9.74. The molecule has 0 aromatic heterocycles. The standard InChI is InChI=1S/C20H32/c1-4-7-8-9-10-11-15-18-20(5-2,6-3)19-16-13-12-14-17-19/h5,12-14,16-17H,2,4,6-11,15,18H2,1,3H3. The van der Waals surface area contributed by atoms with Gasteiger partial charge in [-0.1, -0.05) is 95.2 Å². The van der Waals surface area contributed by atoms with Crippen LogP contribution in [-0.2, 0) is 5.41 Å². The molecule has 0 amide bonds. The van der Waals surface area contributed by atoms with Gasteiger partial charge in [-0.05, 0) is 18.4 Å². The van der Waals surface area contributed by atoms with Gasteiger partial charge in [0.25, 0.3) is 0 Å². The first-order valence-corrected chi connectivity index (χ1v) is 8.48. The number of hydrogen-bond donors (Lipinski definition) is 0. The number of hydrogen-bond acceptors (Lipinski definition) is 0. The van der Waals surface area contributed by atoms with Gasteiger partial charge in [-0.3, -0.25) is 0 Å². The fourth-order valence-electron chi connectivity index (χ4n) is 3.06. The fraction of sp³-hybridized carbons (Fsp3) is 0.600. The van der Waals surface area contributed by atoms with Crippen molar-refractivity contribution < 1.29 is 0 Å². The number of rotatable bonds is 11. The molecule has 0 N–H and O–H groups in total. The third kappa shape index (κ3) is 5.15. The Labute approximate surface area is 126 Å². The average Bonchev–Trinajstić information content (AvgIpc) is 2.52. The van der Waals surface area contributed by atoms with E-state index in [0.29, 0.717) is 0 Å². The Balaban J connectivity index is 2.42. The van der Waals surface area contributed by atoms with E-state index in [0.717, 1.165) is 6.42 Å². The molecule has 0 heterocycles. The first-order chi connectivity index (χ1) is 9.79. The Morgan fingerprint density at radius 2 is 1.50 bits per heavy atom. The summed E-state index contributed by atoms with van der Waals surface area (Å²) in [6.07, 6.45) is 14.2. The summed E-state index contributed by atoms with van der Waals surface area (Å²) < 4.78 is 0. The quantitative estimate of drug-likeness (QED) is 0.312. The van der Waals surface area contributed by atoms with E-state index in [2.05, 4.69) is 56.8 Å². The molecule has 0 spiro atoms. The van der Waals surface area contributed by atoms with Crippen molar-refractivity contribution in [2.24, 2.45) is 0 Å². The molecule has 1 aromatic carbocycles. The molecule has 0 nitrogen and oxygen atoms in total. The van der Waals surface area contributed by atoms with Crippen molar-refractivity contribution >= 4 is 0 Å². The van der Waals surface area contributed by atoms with E-state index in [-0.39, 0.29) is 5.41 Å². The van der Waals surface area contributed by atoms with Crippen molar-refractivity contribution in [3.05, 3.63) is 48.6 Å². The maximum absolute atomic E-state index is 4.12. The maximum Gasteiger partial charge on any atom is 0.0127 e. The second-order valence-corrected chi connectivity index (χ2v) is 5.95. The summed E-state index contributed by atoms with van der Waals surface area (Å²) in [6, 6.07) is 10.9. The molecule has 1 atom stereocenters. The largest absolute Gasteiger partial charge is 0.102 e. The summed E-state index contributed by atoms with van der Waals surface area (Å²) in [5.41, 5.74) is 1.62. The molecule has 1 rings (SSSR count). The van der Waals surface area contributed by atoms with Crippen molar-refractivity contribution in [2.75, 3.05) is 0 Å². The van der Waals surface area contributed by atoms with E-state index in [1.165, 1.54) is 56.9 Å². The van der Waals surface area contributed by atoms with Crippen LogP contribution in [0.25, 0.3) is 0 Å². The summed E-state index contributed by atoms with van der Waals surface area (Å²) >= 11 is 0. The van der Waals surface area contributed by atoms with E-state index in [1.807, 2.05) is 0 Å². The van der Waals surface area contributed by atoms with Crippen molar-refractivity contribution in [3.63, 3.8) is 0 Å². The van der Waals surface area contributed by atoms with Gasteiger partial charge in [0.1, 0.15) is 0 Å². The molecule has 0 aliphatic carbocycles. The van der Waals surface area contributed by atoms with Gasteiger partial charge >= 0.3 is 0 Å². The van der Waals surface area contributed by atoms with E-state index >= 15 is 0 Å². The Morgan fingerprint density at radius 1 is 0.900 bits per heavy atom. The molecule has 0 heteroatoms. The fourth-order valence-corrected chi connectivity index (χ4v) is 3.06. The van der Waals surface area contributed by atoms with Gasteiger partial charge in [-0.15, -0.1) is 6.58 Å². The third-order valence-electron chi connectivity index (χ3n) is 4.60. The normalized spacial score (nSPS) is 13.9. The first kappa shape index (κ1) is 17.0. The van der Waals surface area contributed by atoms with Crippen LogP contribution in [0.1, 0.15) is 77.2 Å². The molecule has 0 saturated heterocycles. The zero-order chi connectivity index (χ0) is 14.7. The van der Waals surface area contributed by atoms with Gasteiger partial charge in [0.05, 0.1) is 0 Å². The van der Waals surface area contributed by atoms with Crippen LogP contribution < -0.4 is 0 Å². The molecule has 0 bridgehead atoms. The highest BCUT2D eigenvalue weighted by molar-refractivity contribution is 5.29. The smallest absolute Gasteiger partial charge is 0.0127 e. The van der Waals surface area contributed by atoms with Crippen molar-refractivity contribution in [1.82, 2.24) is 0 Å². The van der Waals surface area contributed by atoms with Gasteiger partial charge in [-0.25, -0.2) is 0 Å². The van der Waals surface area contributed by atoms with Gasteiger partial charge in [-0.2, -0.15) is 0 Å². The summed E-state index contributed by atoms with van der Waals surface area (Å²) in [5.74, 6) is 0. The predicted molar refractivity (Wildman–Crippen MR) is 91.2 cm³/mol. The van der Waals surface area contributed by atoms with Crippen molar-refractivity contribution in [1.29, 1.82) is 0 Å². The lowest BCUT2D eigenvalue weighted by Gasteiger charge is -2.30. The number of allylic oxidation sites excluding steroid dienone is 1. The maximum atomic E-state index is 4.12. The topological polar surface area (TPSA) is 0 Å². The van der Waals surface area contributed by atoms with Crippen LogP contribution in [0.3, 0.4) is 0 Å². The molecule has 0 fully saturated rings. The molecular weight excluding hydrogens is 240 g/mol. The van der Waals surface area contributed by atoms with Crippen LogP contribution in [0.15, 0.2) is 43.0 Å². The molecular formula is C20H32. The molecule has 0 aliphatic rings. The van der Waals surface area contributed by atoms with E-state index in [4.69, 9.17) is 0 Å². The molecule has 1 unspecified atom stereocenters. The van der Waals surface area contributed by atoms with Crippen LogP contribution in [0.4, 0.5) is 0 Å². The zero-order valence-electron chi connectivity index (χ0n) is 13.5. The van der Waals surface area contributed by atoms with Crippen molar-refractivity contribution in [3.8, 4) is 0 Å². The van der Waals surface area contributed by atoms with Gasteiger partial charge in [0.2, 0.25) is 0 Å². The van der Waals surface area contributed by atoms with Gasteiger partial charge in [0.15, 0.2) is 0 Å². The van der Waals surface area contributed by atoms with E-state index < -0.39 is 0 Å². The molecule has 0 radical (unpaired) electrons. The monoisotopic (exact) mass is 272 g/mol. The SMILES string of the molecule is C=CC(CC)(CCCCCCCCC)c1ccccc1. The summed E-state index contributed by atoms with van der Waals surface area (Å²) in [6.45, 7) is 8.68. The Hall–Kier alpha value is -1.04. The molecule has 0 aliphatic heterocycles. The van der Waals surface area contributed by atoms with Crippen LogP contribution >= 0.6 is 0 Å². The minimum absolute atomic E-state index is 0.185. The van der Waals surface area contributed by atoms with Crippen LogP contribution in [0.2, 0.25) is 0 Å². The summed E-state index contributed by atoms with van der Waals surface area (Å²) in [4.78, 5) is 0. The minimum Gasteiger partial charge on any atom is -0.102 e. The van der Waals surface area contributed by atoms with Gasteiger partial charge in [0, 0.05) is 5.41 Å². The zero-order valence-corrected chi connectivity index (χ0v) is 13.5. The second kappa shape index (κ2) is 9.80. The molecule has 20 heavy (non-hydrogen) atoms. The molecule has 0 saturated carbocycles. The average molecular weight is 272 g/mol. The summed E-state index contributed by atoms with van der Waals surface area (Å²) in [5, 5.41) is 0. The van der Waals surface area contributed by atoms with Crippen molar-refractivity contribution in [2.45, 2.75) is 77.0 Å². The van der Waals surface area contributed by atoms with Crippen LogP contribution in [-0.4, -0.2) is 0 Å². The molecule has 1 aromatic rings. The van der Waals surface area contributed by atoms with Crippen LogP contribution in [0.5, 0.6) is 0 Å². The highest BCUT2D eigenvalue weighted by Gasteiger charge is 2.25. The summed E-state index contributed by atoms with van der Waals surface area (Å²) in [7, 11) is 0. The highest BCUT2D eigenvalue weighted by Crippen LogP contribution is 2.34. The Bertz CT molecular complexity index is 352. The Kier molecular flexibility index (Phi) is 8.34. The van der Waals surface area contributed by atoms with E-state index in [1.54, 1.807) is 0 Å². The second-order valence-electron chi connectivity index (χ2n) is 5.95. The predicted octanol–water partition coefficient (Wildman–Crippen LogP) is 6.66. The third-order valence-corrected chi connectivity index (χ3v) is 4.60. The number of benzene rings is 1. The lowest BCUT2D eigenvalue weighted by Crippen LogP contribution is -2.22. The lowest BCUT2D eigenvalue weighted by molar-refractivity contribution is 0.439. The Morgan fingerprint density at radius 3 is 2.05 bits per heavy atom.